The molecule has 2 rings (SSSR count). The Kier molecular flexibility index (Phi) is 7.36. The first-order valence-corrected chi connectivity index (χ1v) is 8.69. The molecule has 1 N–H and O–H groups in total. The van der Waals surface area contributed by atoms with Crippen molar-refractivity contribution in [3.05, 3.63) is 60.2 Å². The normalized spacial score (nSPS) is 10.9. The Morgan fingerprint density at radius 1 is 1.15 bits per heavy atom. The molecule has 0 atom stereocenters. The van der Waals surface area contributed by atoms with Crippen LogP contribution in [0.4, 0.5) is 19.3 Å². The van der Waals surface area contributed by atoms with Crippen LogP contribution < -0.4 is 10.1 Å². The zero-order valence-corrected chi connectivity index (χ0v) is 15.5. The molecule has 0 fully saturated rings. The highest BCUT2D eigenvalue weighted by Gasteiger charge is 2.09. The molecule has 0 unspecified atom stereocenters. The van der Waals surface area contributed by atoms with E-state index in [0.29, 0.717) is 16.1 Å². The summed E-state index contributed by atoms with van der Waals surface area (Å²) in [5.41, 5.74) is 0.868. The molecule has 2 amide bonds. The average molecular weight is 392 g/mol. The highest BCUT2D eigenvalue weighted by atomic mass is 32.2. The van der Waals surface area contributed by atoms with Crippen molar-refractivity contribution < 1.29 is 23.1 Å². The summed E-state index contributed by atoms with van der Waals surface area (Å²) in [6, 6.07) is 13.0. The van der Waals surface area contributed by atoms with E-state index in [4.69, 9.17) is 0 Å². The van der Waals surface area contributed by atoms with Crippen LogP contribution in [-0.4, -0.2) is 36.8 Å². The summed E-state index contributed by atoms with van der Waals surface area (Å²) in [7, 11) is 3.31. The van der Waals surface area contributed by atoms with Gasteiger partial charge in [-0.15, -0.1) is 0 Å². The summed E-state index contributed by atoms with van der Waals surface area (Å²) >= 11 is 1.04. The minimum absolute atomic E-state index is 0.0165. The van der Waals surface area contributed by atoms with Crippen LogP contribution in [0, 0.1) is 0 Å². The number of benzene rings is 2. The van der Waals surface area contributed by atoms with Gasteiger partial charge in [-0.3, -0.25) is 9.59 Å². The van der Waals surface area contributed by atoms with Crippen molar-refractivity contribution in [2.24, 2.45) is 0 Å². The van der Waals surface area contributed by atoms with Crippen molar-refractivity contribution in [3.63, 3.8) is 0 Å². The van der Waals surface area contributed by atoms with Crippen LogP contribution in [-0.2, 0) is 4.79 Å². The lowest BCUT2D eigenvalue weighted by molar-refractivity contribution is -0.111. The number of para-hydroxylation sites is 1. The van der Waals surface area contributed by atoms with E-state index in [1.54, 1.807) is 56.6 Å². The standard InChI is InChI=1S/C19H18F2N2O3S/c1-23(2)19(25)27-15-8-5-7-14(12-15)22-17(24)11-10-13-6-3-4-9-16(13)26-18(20)21/h3-12,18H,1-2H3,(H,22,24)/b11-10+. The lowest BCUT2D eigenvalue weighted by atomic mass is 10.2. The van der Waals surface area contributed by atoms with Crippen molar-refractivity contribution in [1.29, 1.82) is 0 Å². The van der Waals surface area contributed by atoms with E-state index < -0.39 is 12.5 Å². The monoisotopic (exact) mass is 392 g/mol. The van der Waals surface area contributed by atoms with E-state index in [-0.39, 0.29) is 11.0 Å². The molecule has 5 nitrogen and oxygen atoms in total. The molecule has 0 bridgehead atoms. The van der Waals surface area contributed by atoms with E-state index in [2.05, 4.69) is 10.1 Å². The second-order valence-corrected chi connectivity index (χ2v) is 6.55. The topological polar surface area (TPSA) is 58.6 Å². The van der Waals surface area contributed by atoms with Crippen LogP contribution in [0.2, 0.25) is 0 Å². The number of anilines is 1. The largest absolute Gasteiger partial charge is 0.434 e. The van der Waals surface area contributed by atoms with Gasteiger partial charge >= 0.3 is 6.61 Å². The Hall–Kier alpha value is -2.87. The molecule has 0 saturated carbocycles. The minimum Gasteiger partial charge on any atom is -0.434 e. The number of ether oxygens (including phenoxy) is 1. The molecule has 2 aromatic carbocycles. The maximum atomic E-state index is 12.4. The maximum Gasteiger partial charge on any atom is 0.387 e. The zero-order chi connectivity index (χ0) is 19.8. The summed E-state index contributed by atoms with van der Waals surface area (Å²) in [5.74, 6) is -0.458. The molecule has 0 radical (unpaired) electrons. The van der Waals surface area contributed by atoms with Gasteiger partial charge in [-0.2, -0.15) is 8.78 Å². The molecule has 0 heterocycles. The third kappa shape index (κ3) is 6.74. The van der Waals surface area contributed by atoms with E-state index in [9.17, 15) is 18.4 Å². The van der Waals surface area contributed by atoms with Crippen molar-refractivity contribution in [2.75, 3.05) is 19.4 Å². The van der Waals surface area contributed by atoms with Gasteiger partial charge in [-0.05, 0) is 42.1 Å². The van der Waals surface area contributed by atoms with Crippen molar-refractivity contribution in [3.8, 4) is 5.75 Å². The van der Waals surface area contributed by atoms with Crippen LogP contribution in [0.25, 0.3) is 6.08 Å². The van der Waals surface area contributed by atoms with Gasteiger partial charge in [0.15, 0.2) is 0 Å². The predicted octanol–water partition coefficient (Wildman–Crippen LogP) is 4.71. The van der Waals surface area contributed by atoms with Gasteiger partial charge in [-0.1, -0.05) is 24.3 Å². The number of carbonyl (C=O) groups excluding carboxylic acids is 2. The SMILES string of the molecule is CN(C)C(=O)Sc1cccc(NC(=O)/C=C/c2ccccc2OC(F)F)c1. The Bertz CT molecular complexity index is 841. The maximum absolute atomic E-state index is 12.4. The molecule has 0 spiro atoms. The smallest absolute Gasteiger partial charge is 0.387 e. The quantitative estimate of drug-likeness (QED) is 0.571. The molecule has 0 aromatic heterocycles. The van der Waals surface area contributed by atoms with E-state index >= 15 is 0 Å². The van der Waals surface area contributed by atoms with Gasteiger partial charge in [0.25, 0.3) is 5.24 Å². The molecular weight excluding hydrogens is 374 g/mol. The van der Waals surface area contributed by atoms with Gasteiger partial charge in [0.2, 0.25) is 5.91 Å². The molecule has 0 aliphatic carbocycles. The number of thioether (sulfide) groups is 1. The number of halogens is 2. The first-order chi connectivity index (χ1) is 12.8. The molecule has 142 valence electrons. The molecular formula is C19H18F2N2O3S. The number of nitrogens with one attached hydrogen (secondary N) is 1. The summed E-state index contributed by atoms with van der Waals surface area (Å²) in [6.07, 6.45) is 2.61. The summed E-state index contributed by atoms with van der Waals surface area (Å²) in [5, 5.41) is 2.53. The lowest BCUT2D eigenvalue weighted by Gasteiger charge is -2.10. The fourth-order valence-corrected chi connectivity index (χ4v) is 2.72. The van der Waals surface area contributed by atoms with Crippen molar-refractivity contribution >= 4 is 34.7 Å². The third-order valence-electron chi connectivity index (χ3n) is 3.22. The second-order valence-electron chi connectivity index (χ2n) is 5.53. The van der Waals surface area contributed by atoms with E-state index in [1.807, 2.05) is 0 Å². The third-order valence-corrected chi connectivity index (χ3v) is 4.25. The Morgan fingerprint density at radius 2 is 1.89 bits per heavy atom. The molecule has 0 saturated heterocycles. The molecule has 27 heavy (non-hydrogen) atoms. The molecule has 8 heteroatoms. The van der Waals surface area contributed by atoms with Crippen LogP contribution in [0.3, 0.4) is 0 Å². The van der Waals surface area contributed by atoms with Crippen LogP contribution in [0.15, 0.2) is 59.5 Å². The fourth-order valence-electron chi connectivity index (χ4n) is 2.00. The number of rotatable bonds is 6. The average Bonchev–Trinajstić information content (AvgIpc) is 2.60. The first-order valence-electron chi connectivity index (χ1n) is 7.87. The number of alkyl halides is 2. The second kappa shape index (κ2) is 9.72. The summed E-state index contributed by atoms with van der Waals surface area (Å²) < 4.78 is 29.2. The molecule has 0 aliphatic heterocycles. The van der Waals surface area contributed by atoms with Crippen molar-refractivity contribution in [1.82, 2.24) is 4.90 Å². The van der Waals surface area contributed by atoms with Gasteiger partial charge < -0.3 is 15.0 Å². The van der Waals surface area contributed by atoms with Gasteiger partial charge in [-0.25, -0.2) is 0 Å². The minimum atomic E-state index is -2.95. The van der Waals surface area contributed by atoms with Crippen LogP contribution in [0.5, 0.6) is 5.75 Å². The molecule has 2 aromatic rings. The molecule has 0 aliphatic rings. The Morgan fingerprint density at radius 3 is 2.59 bits per heavy atom. The number of carbonyl (C=O) groups is 2. The number of nitrogens with zero attached hydrogens (tertiary/aromatic N) is 1. The number of hydrogen-bond donors (Lipinski definition) is 1. The first kappa shape index (κ1) is 20.4. The van der Waals surface area contributed by atoms with Gasteiger partial charge in [0, 0.05) is 36.3 Å². The number of amides is 2. The fraction of sp³-hybridized carbons (Fsp3) is 0.158. The van der Waals surface area contributed by atoms with E-state index in [0.717, 1.165) is 11.8 Å². The summed E-state index contributed by atoms with van der Waals surface area (Å²) in [4.78, 5) is 26.0. The number of hydrogen-bond acceptors (Lipinski definition) is 4. The highest BCUT2D eigenvalue weighted by molar-refractivity contribution is 8.13. The van der Waals surface area contributed by atoms with E-state index in [1.165, 1.54) is 23.1 Å². The van der Waals surface area contributed by atoms with Gasteiger partial charge in [0.05, 0.1) is 0 Å². The van der Waals surface area contributed by atoms with Crippen LogP contribution >= 0.6 is 11.8 Å². The highest BCUT2D eigenvalue weighted by Crippen LogP contribution is 2.24. The summed E-state index contributed by atoms with van der Waals surface area (Å²) in [6.45, 7) is -2.95. The predicted molar refractivity (Wildman–Crippen MR) is 102 cm³/mol. The van der Waals surface area contributed by atoms with Crippen molar-refractivity contribution in [2.45, 2.75) is 11.5 Å². The zero-order valence-electron chi connectivity index (χ0n) is 14.7. The van der Waals surface area contributed by atoms with Crippen LogP contribution in [0.1, 0.15) is 5.56 Å². The van der Waals surface area contributed by atoms with Gasteiger partial charge in [0.1, 0.15) is 5.75 Å². The lowest BCUT2D eigenvalue weighted by Crippen LogP contribution is -2.16. The Balaban J connectivity index is 2.04. The Labute approximate surface area is 160 Å².